The average Bonchev–Trinajstić information content (AvgIpc) is 3.04. The summed E-state index contributed by atoms with van der Waals surface area (Å²) in [4.78, 5) is 0. The number of hydrazone groups is 1. The van der Waals surface area contributed by atoms with Crippen LogP contribution in [0.1, 0.15) is 22.6 Å². The highest BCUT2D eigenvalue weighted by atomic mass is 19.4. The predicted octanol–water partition coefficient (Wildman–Crippen LogP) is 6.02. The number of nitrogens with zero attached hydrogens (tertiary/aromatic N) is 1. The smallest absolute Gasteiger partial charge is 0.406 e. The molecule has 4 rings (SSSR count). The SMILES string of the molecule is Fc1ccc(C2Cc3cc(F)ccc3C2=NNc2ccc(OC(F)(F)F)cc2)cc1. The molecule has 0 saturated heterocycles. The van der Waals surface area contributed by atoms with Crippen LogP contribution < -0.4 is 10.2 Å². The van der Waals surface area contributed by atoms with Gasteiger partial charge in [-0.3, -0.25) is 5.43 Å². The van der Waals surface area contributed by atoms with Crippen LogP contribution in [0.25, 0.3) is 0 Å². The molecule has 3 aromatic carbocycles. The summed E-state index contributed by atoms with van der Waals surface area (Å²) in [6.45, 7) is 0. The van der Waals surface area contributed by atoms with E-state index in [-0.39, 0.29) is 23.3 Å². The van der Waals surface area contributed by atoms with E-state index in [0.29, 0.717) is 17.8 Å². The first-order valence-corrected chi connectivity index (χ1v) is 9.02. The van der Waals surface area contributed by atoms with Crippen LogP contribution in [-0.2, 0) is 6.42 Å². The minimum atomic E-state index is -4.76. The molecule has 0 spiro atoms. The van der Waals surface area contributed by atoms with Crippen molar-refractivity contribution in [3.05, 3.63) is 95.1 Å². The first kappa shape index (κ1) is 19.9. The minimum absolute atomic E-state index is 0.220. The lowest BCUT2D eigenvalue weighted by atomic mass is 9.95. The predicted molar refractivity (Wildman–Crippen MR) is 103 cm³/mol. The average molecular weight is 418 g/mol. The molecule has 0 aliphatic heterocycles. The van der Waals surface area contributed by atoms with Crippen molar-refractivity contribution in [1.29, 1.82) is 0 Å². The number of nitrogens with one attached hydrogen (secondary N) is 1. The molecule has 1 unspecified atom stereocenters. The number of benzene rings is 3. The van der Waals surface area contributed by atoms with Crippen LogP contribution in [0.3, 0.4) is 0 Å². The number of hydrogen-bond donors (Lipinski definition) is 1. The molecule has 0 fully saturated rings. The van der Waals surface area contributed by atoms with Gasteiger partial charge in [0, 0.05) is 11.5 Å². The summed E-state index contributed by atoms with van der Waals surface area (Å²) >= 11 is 0. The maximum Gasteiger partial charge on any atom is 0.573 e. The van der Waals surface area contributed by atoms with Gasteiger partial charge in [0.05, 0.1) is 11.4 Å². The Labute approximate surface area is 168 Å². The van der Waals surface area contributed by atoms with E-state index in [2.05, 4.69) is 15.3 Å². The zero-order valence-electron chi connectivity index (χ0n) is 15.4. The lowest BCUT2D eigenvalue weighted by Gasteiger charge is -2.13. The van der Waals surface area contributed by atoms with Gasteiger partial charge in [-0.15, -0.1) is 13.2 Å². The summed E-state index contributed by atoms with van der Waals surface area (Å²) in [7, 11) is 0. The second kappa shape index (κ2) is 7.78. The standard InChI is InChI=1S/C22H15F5N2O/c23-15-3-1-13(2-4-15)20-12-14-11-16(24)5-10-19(14)21(20)29-28-17-6-8-18(9-7-17)30-22(25,26)27/h1-11,20,28H,12H2. The van der Waals surface area contributed by atoms with E-state index in [1.54, 1.807) is 18.2 Å². The maximum atomic E-state index is 13.7. The Hall–Kier alpha value is -3.42. The molecule has 30 heavy (non-hydrogen) atoms. The maximum absolute atomic E-state index is 13.7. The van der Waals surface area contributed by atoms with Gasteiger partial charge in [0.25, 0.3) is 0 Å². The molecule has 8 heteroatoms. The Morgan fingerprint density at radius 1 is 0.867 bits per heavy atom. The Morgan fingerprint density at radius 2 is 1.53 bits per heavy atom. The Balaban J connectivity index is 1.62. The molecule has 0 saturated carbocycles. The lowest BCUT2D eigenvalue weighted by Crippen LogP contribution is -2.17. The Morgan fingerprint density at radius 3 is 2.20 bits per heavy atom. The molecule has 0 aromatic heterocycles. The molecule has 1 N–H and O–H groups in total. The fourth-order valence-corrected chi connectivity index (χ4v) is 3.45. The van der Waals surface area contributed by atoms with Crippen LogP contribution in [0.2, 0.25) is 0 Å². The van der Waals surface area contributed by atoms with Crippen molar-refractivity contribution in [2.45, 2.75) is 18.7 Å². The van der Waals surface area contributed by atoms with Gasteiger partial charge < -0.3 is 4.74 Å². The van der Waals surface area contributed by atoms with Gasteiger partial charge in [-0.05, 0) is 72.1 Å². The van der Waals surface area contributed by atoms with Gasteiger partial charge in [0.2, 0.25) is 0 Å². The Bertz CT molecular complexity index is 1080. The van der Waals surface area contributed by atoms with Crippen molar-refractivity contribution in [2.24, 2.45) is 5.10 Å². The molecule has 1 atom stereocenters. The van der Waals surface area contributed by atoms with Gasteiger partial charge in [-0.25, -0.2) is 8.78 Å². The van der Waals surface area contributed by atoms with Crippen LogP contribution in [0.4, 0.5) is 27.6 Å². The van der Waals surface area contributed by atoms with Crippen molar-refractivity contribution in [3.63, 3.8) is 0 Å². The molecule has 1 aliphatic carbocycles. The number of anilines is 1. The van der Waals surface area contributed by atoms with Crippen LogP contribution in [0.5, 0.6) is 5.75 Å². The quantitative estimate of drug-likeness (QED) is 0.415. The number of halogens is 5. The van der Waals surface area contributed by atoms with E-state index in [1.165, 1.54) is 48.5 Å². The summed E-state index contributed by atoms with van der Waals surface area (Å²) in [6, 6.07) is 15.6. The van der Waals surface area contributed by atoms with Crippen LogP contribution >= 0.6 is 0 Å². The van der Waals surface area contributed by atoms with E-state index in [9.17, 15) is 22.0 Å². The number of fused-ring (bicyclic) bond motifs is 1. The van der Waals surface area contributed by atoms with E-state index < -0.39 is 6.36 Å². The zero-order valence-corrected chi connectivity index (χ0v) is 15.4. The molecule has 0 radical (unpaired) electrons. The van der Waals surface area contributed by atoms with E-state index >= 15 is 0 Å². The number of rotatable bonds is 4. The molecule has 0 bridgehead atoms. The van der Waals surface area contributed by atoms with Crippen molar-refractivity contribution in [1.82, 2.24) is 0 Å². The molecule has 0 amide bonds. The number of hydrogen-bond acceptors (Lipinski definition) is 3. The second-order valence-corrected chi connectivity index (χ2v) is 6.79. The molecular weight excluding hydrogens is 403 g/mol. The van der Waals surface area contributed by atoms with Crippen LogP contribution in [0, 0.1) is 11.6 Å². The summed E-state index contributed by atoms with van der Waals surface area (Å²) in [5.41, 5.74) is 6.27. The number of alkyl halides is 3. The van der Waals surface area contributed by atoms with E-state index in [0.717, 1.165) is 16.7 Å². The third-order valence-electron chi connectivity index (χ3n) is 4.76. The second-order valence-electron chi connectivity index (χ2n) is 6.79. The topological polar surface area (TPSA) is 33.6 Å². The fraction of sp³-hybridized carbons (Fsp3) is 0.136. The first-order valence-electron chi connectivity index (χ1n) is 9.02. The van der Waals surface area contributed by atoms with Crippen molar-refractivity contribution in [2.75, 3.05) is 5.43 Å². The molecule has 0 heterocycles. The van der Waals surface area contributed by atoms with E-state index in [4.69, 9.17) is 0 Å². The largest absolute Gasteiger partial charge is 0.573 e. The normalized spacial score (nSPS) is 17.1. The molecular formula is C22H15F5N2O. The van der Waals surface area contributed by atoms with Crippen LogP contribution in [0.15, 0.2) is 71.8 Å². The first-order chi connectivity index (χ1) is 14.3. The Kier molecular flexibility index (Phi) is 5.15. The van der Waals surface area contributed by atoms with Gasteiger partial charge in [-0.1, -0.05) is 12.1 Å². The summed E-state index contributed by atoms with van der Waals surface area (Å²) in [6.07, 6.45) is -4.27. The van der Waals surface area contributed by atoms with Gasteiger partial charge >= 0.3 is 6.36 Å². The van der Waals surface area contributed by atoms with Gasteiger partial charge in [0.1, 0.15) is 17.4 Å². The zero-order chi connectivity index (χ0) is 21.3. The summed E-state index contributed by atoms with van der Waals surface area (Å²) < 4.78 is 67.7. The third kappa shape index (κ3) is 4.42. The monoisotopic (exact) mass is 418 g/mol. The van der Waals surface area contributed by atoms with Crippen LogP contribution in [-0.4, -0.2) is 12.1 Å². The van der Waals surface area contributed by atoms with Gasteiger partial charge in [-0.2, -0.15) is 5.10 Å². The lowest BCUT2D eigenvalue weighted by molar-refractivity contribution is -0.274. The van der Waals surface area contributed by atoms with E-state index in [1.807, 2.05) is 0 Å². The van der Waals surface area contributed by atoms with Crippen molar-refractivity contribution < 1.29 is 26.7 Å². The van der Waals surface area contributed by atoms with Crippen molar-refractivity contribution >= 4 is 11.4 Å². The molecule has 3 nitrogen and oxygen atoms in total. The van der Waals surface area contributed by atoms with Gasteiger partial charge in [0.15, 0.2) is 0 Å². The van der Waals surface area contributed by atoms with Crippen molar-refractivity contribution in [3.8, 4) is 5.75 Å². The number of ether oxygens (including phenoxy) is 1. The third-order valence-corrected chi connectivity index (χ3v) is 4.76. The summed E-state index contributed by atoms with van der Waals surface area (Å²) in [5, 5.41) is 4.44. The fourth-order valence-electron chi connectivity index (χ4n) is 3.45. The highest BCUT2D eigenvalue weighted by Gasteiger charge is 2.31. The summed E-state index contributed by atoms with van der Waals surface area (Å²) in [5.74, 6) is -1.28. The minimum Gasteiger partial charge on any atom is -0.406 e. The highest BCUT2D eigenvalue weighted by molar-refractivity contribution is 6.09. The molecule has 154 valence electrons. The molecule has 1 aliphatic rings. The molecule has 3 aromatic rings. The highest BCUT2D eigenvalue weighted by Crippen LogP contribution is 2.35.